The molecule has 0 saturated carbocycles. The number of nitro benzene ring substituents is 1. The van der Waals surface area contributed by atoms with Crippen LogP contribution in [0.1, 0.15) is 52.6 Å². The number of ether oxygens (including phenoxy) is 3. The number of nitrogens with zero attached hydrogens (tertiary/aromatic N) is 1. The van der Waals surface area contributed by atoms with Gasteiger partial charge in [0.05, 0.1) is 30.3 Å². The summed E-state index contributed by atoms with van der Waals surface area (Å²) in [6.45, 7) is 4.85. The summed E-state index contributed by atoms with van der Waals surface area (Å²) in [5, 5.41) is 14.2. The molecule has 2 aromatic carbocycles. The minimum Gasteiger partial charge on any atom is -0.493 e. The van der Waals surface area contributed by atoms with Crippen LogP contribution in [0.4, 0.5) is 16.2 Å². The van der Waals surface area contributed by atoms with Crippen molar-refractivity contribution in [2.45, 2.75) is 26.4 Å². The van der Waals surface area contributed by atoms with Crippen molar-refractivity contribution in [3.05, 3.63) is 56.6 Å². The molecule has 0 aliphatic heterocycles. The Morgan fingerprint density at radius 1 is 0.968 bits per heavy atom. The molecule has 0 saturated heterocycles. The number of carbonyl (C=O) groups excluding carboxylic acids is 3. The third-order valence-corrected chi connectivity index (χ3v) is 4.47. The quantitative estimate of drug-likeness (QED) is 0.491. The van der Waals surface area contributed by atoms with Crippen molar-refractivity contribution in [2.75, 3.05) is 19.5 Å². The number of nitro groups is 1. The predicted molar refractivity (Wildman–Crippen MR) is 109 cm³/mol. The Morgan fingerprint density at radius 3 is 1.87 bits per heavy atom. The average molecular weight is 428 g/mol. The van der Waals surface area contributed by atoms with Gasteiger partial charge in [-0.2, -0.15) is 0 Å². The lowest BCUT2D eigenvalue weighted by molar-refractivity contribution is -0.384. The molecule has 31 heavy (non-hydrogen) atoms. The zero-order valence-corrected chi connectivity index (χ0v) is 17.5. The van der Waals surface area contributed by atoms with E-state index in [-0.39, 0.29) is 28.0 Å². The van der Waals surface area contributed by atoms with E-state index in [0.29, 0.717) is 0 Å². The minimum atomic E-state index is -1.01. The first kappa shape index (κ1) is 21.8. The molecule has 1 aliphatic rings. The Morgan fingerprint density at radius 2 is 1.45 bits per heavy atom. The van der Waals surface area contributed by atoms with Gasteiger partial charge in [0.1, 0.15) is 5.60 Å². The van der Waals surface area contributed by atoms with Gasteiger partial charge < -0.3 is 14.2 Å². The summed E-state index contributed by atoms with van der Waals surface area (Å²) >= 11 is 0. The highest BCUT2D eigenvalue weighted by molar-refractivity contribution is 6.31. The number of methoxy groups -OCH3 is 2. The monoisotopic (exact) mass is 428 g/mol. The molecule has 0 unspecified atom stereocenters. The first-order chi connectivity index (χ1) is 14.5. The summed E-state index contributed by atoms with van der Waals surface area (Å²) in [6, 6.07) is 6.07. The number of fused-ring (bicyclic) bond motifs is 2. The Balaban J connectivity index is 2.36. The fourth-order valence-electron chi connectivity index (χ4n) is 3.37. The second-order valence-electron chi connectivity index (χ2n) is 7.63. The van der Waals surface area contributed by atoms with Gasteiger partial charge in [-0.3, -0.25) is 25.0 Å². The Hall–Kier alpha value is -3.95. The molecule has 0 bridgehead atoms. The Kier molecular flexibility index (Phi) is 5.41. The Bertz CT molecular complexity index is 1130. The van der Waals surface area contributed by atoms with E-state index in [1.807, 2.05) is 0 Å². The van der Waals surface area contributed by atoms with Crippen LogP contribution in [-0.4, -0.2) is 42.4 Å². The summed E-state index contributed by atoms with van der Waals surface area (Å²) in [5.74, 6) is -2.02. The van der Waals surface area contributed by atoms with Gasteiger partial charge in [-0.25, -0.2) is 4.79 Å². The van der Waals surface area contributed by atoms with Crippen LogP contribution in [-0.2, 0) is 4.74 Å². The smallest absolute Gasteiger partial charge is 0.412 e. The number of hydrogen-bond donors (Lipinski definition) is 1. The molecule has 0 radical (unpaired) electrons. The number of rotatable bonds is 4. The summed E-state index contributed by atoms with van der Waals surface area (Å²) < 4.78 is 15.7. The fraction of sp³-hybridized carbons (Fsp3) is 0.286. The molecule has 3 rings (SSSR count). The standard InChI is InChI=1S/C21H20N2O8/c1-21(2,3)31-20(26)22-14-15(23(27)28)19(30-5)13-12(18(14)29-4)16(24)10-8-6-7-9-11(10)17(13)25/h6-9H,1-5H3,(H,22,26). The van der Waals surface area contributed by atoms with E-state index in [0.717, 1.165) is 7.11 Å². The molecule has 162 valence electrons. The van der Waals surface area contributed by atoms with Gasteiger partial charge in [-0.15, -0.1) is 0 Å². The van der Waals surface area contributed by atoms with Gasteiger partial charge in [0.2, 0.25) is 5.75 Å². The molecule has 1 N–H and O–H groups in total. The lowest BCUT2D eigenvalue weighted by atomic mass is 9.82. The molecule has 0 fully saturated rings. The summed E-state index contributed by atoms with van der Waals surface area (Å²) in [4.78, 5) is 49.9. The van der Waals surface area contributed by atoms with Crippen LogP contribution in [0.15, 0.2) is 24.3 Å². The highest BCUT2D eigenvalue weighted by Crippen LogP contribution is 2.50. The molecule has 0 aromatic heterocycles. The van der Waals surface area contributed by atoms with Crippen molar-refractivity contribution in [1.29, 1.82) is 0 Å². The summed E-state index contributed by atoms with van der Waals surface area (Å²) in [6.07, 6.45) is -1.01. The van der Waals surface area contributed by atoms with Gasteiger partial charge in [0, 0.05) is 11.1 Å². The van der Waals surface area contributed by atoms with E-state index in [9.17, 15) is 24.5 Å². The van der Waals surface area contributed by atoms with Crippen molar-refractivity contribution >= 4 is 29.0 Å². The zero-order chi connectivity index (χ0) is 23.1. The number of amides is 1. The van der Waals surface area contributed by atoms with Crippen LogP contribution in [0.5, 0.6) is 11.5 Å². The van der Waals surface area contributed by atoms with Gasteiger partial charge in [-0.05, 0) is 20.8 Å². The fourth-order valence-corrected chi connectivity index (χ4v) is 3.37. The highest BCUT2D eigenvalue weighted by Gasteiger charge is 2.43. The van der Waals surface area contributed by atoms with E-state index in [2.05, 4.69) is 5.32 Å². The molecular formula is C21H20N2O8. The van der Waals surface area contributed by atoms with Gasteiger partial charge >= 0.3 is 11.8 Å². The van der Waals surface area contributed by atoms with Crippen molar-refractivity contribution in [3.8, 4) is 11.5 Å². The van der Waals surface area contributed by atoms with Gasteiger partial charge in [0.25, 0.3) is 0 Å². The molecule has 1 aliphatic carbocycles. The number of hydrogen-bond acceptors (Lipinski definition) is 8. The number of carbonyl (C=O) groups is 3. The second-order valence-corrected chi connectivity index (χ2v) is 7.63. The number of ketones is 2. The van der Waals surface area contributed by atoms with Crippen molar-refractivity contribution in [2.24, 2.45) is 0 Å². The third kappa shape index (κ3) is 3.67. The van der Waals surface area contributed by atoms with E-state index < -0.39 is 45.3 Å². The van der Waals surface area contributed by atoms with Crippen LogP contribution < -0.4 is 14.8 Å². The molecule has 1 amide bonds. The first-order valence-corrected chi connectivity index (χ1v) is 9.16. The van der Waals surface area contributed by atoms with E-state index in [1.54, 1.807) is 32.9 Å². The highest BCUT2D eigenvalue weighted by atomic mass is 16.6. The van der Waals surface area contributed by atoms with Crippen molar-refractivity contribution < 1.29 is 33.5 Å². The topological polar surface area (TPSA) is 134 Å². The summed E-state index contributed by atoms with van der Waals surface area (Å²) in [7, 11) is 2.30. The van der Waals surface area contributed by atoms with Crippen LogP contribution in [0.2, 0.25) is 0 Å². The predicted octanol–water partition coefficient (Wildman–Crippen LogP) is 3.73. The number of anilines is 1. The van der Waals surface area contributed by atoms with Gasteiger partial charge in [0.15, 0.2) is 23.0 Å². The zero-order valence-electron chi connectivity index (χ0n) is 17.5. The molecule has 10 heteroatoms. The largest absolute Gasteiger partial charge is 0.493 e. The van der Waals surface area contributed by atoms with E-state index in [1.165, 1.54) is 19.2 Å². The Labute approximate surface area is 177 Å². The third-order valence-electron chi connectivity index (χ3n) is 4.47. The van der Waals surface area contributed by atoms with Crippen LogP contribution in [0.3, 0.4) is 0 Å². The first-order valence-electron chi connectivity index (χ1n) is 9.16. The maximum Gasteiger partial charge on any atom is 0.412 e. The molecular weight excluding hydrogens is 408 g/mol. The van der Waals surface area contributed by atoms with E-state index in [4.69, 9.17) is 14.2 Å². The molecule has 2 aromatic rings. The summed E-state index contributed by atoms with van der Waals surface area (Å²) in [5.41, 5.74) is -2.42. The number of benzene rings is 2. The lowest BCUT2D eigenvalue weighted by Gasteiger charge is -2.24. The number of nitrogens with one attached hydrogen (secondary N) is 1. The molecule has 0 heterocycles. The van der Waals surface area contributed by atoms with Gasteiger partial charge in [-0.1, -0.05) is 24.3 Å². The maximum atomic E-state index is 13.2. The minimum absolute atomic E-state index is 0.0857. The lowest BCUT2D eigenvalue weighted by Crippen LogP contribution is -2.29. The van der Waals surface area contributed by atoms with E-state index >= 15 is 0 Å². The van der Waals surface area contributed by atoms with Crippen molar-refractivity contribution in [3.63, 3.8) is 0 Å². The van der Waals surface area contributed by atoms with Crippen LogP contribution >= 0.6 is 0 Å². The van der Waals surface area contributed by atoms with Crippen molar-refractivity contribution in [1.82, 2.24) is 0 Å². The molecule has 10 nitrogen and oxygen atoms in total. The SMILES string of the molecule is COc1c(NC(=O)OC(C)(C)C)c([N+](=O)[O-])c(OC)c2c1C(=O)c1ccccc1C2=O. The molecule has 0 atom stereocenters. The molecule has 0 spiro atoms. The maximum absolute atomic E-state index is 13.2. The average Bonchev–Trinajstić information content (AvgIpc) is 2.69. The second kappa shape index (κ2) is 7.71. The van der Waals surface area contributed by atoms with Crippen LogP contribution in [0, 0.1) is 10.1 Å². The van der Waals surface area contributed by atoms with Crippen LogP contribution in [0.25, 0.3) is 0 Å². The normalized spacial score (nSPS) is 12.5.